The Kier molecular flexibility index (Phi) is 8.12. The summed E-state index contributed by atoms with van der Waals surface area (Å²) in [5.41, 5.74) is 0.727. The van der Waals surface area contributed by atoms with Crippen LogP contribution in [0, 0.1) is 0 Å². The first kappa shape index (κ1) is 15.2. The van der Waals surface area contributed by atoms with Crippen molar-refractivity contribution < 1.29 is 26.8 Å². The maximum absolute atomic E-state index is 11.1. The summed E-state index contributed by atoms with van der Waals surface area (Å²) >= 11 is 2.77. The van der Waals surface area contributed by atoms with Crippen LogP contribution < -0.4 is 27.3 Å². The maximum atomic E-state index is 11.1. The minimum absolute atomic E-state index is 0.0860. The van der Waals surface area contributed by atoms with Crippen LogP contribution in [-0.2, 0) is 0 Å². The van der Waals surface area contributed by atoms with Crippen molar-refractivity contribution in [3.05, 3.63) is 29.8 Å². The van der Waals surface area contributed by atoms with Crippen molar-refractivity contribution >= 4 is 24.4 Å². The molecule has 1 rings (SSSR count). The monoisotopic (exact) mass is 460 g/mol. The molecule has 3 nitrogen and oxygen atoms in total. The van der Waals surface area contributed by atoms with Gasteiger partial charge in [0.2, 0.25) is 0 Å². The predicted octanol–water partition coefficient (Wildman–Crippen LogP) is -0.356. The van der Waals surface area contributed by atoms with E-state index in [2.05, 4.69) is 23.9 Å². The second-order valence-corrected chi connectivity index (χ2v) is 8.72. The van der Waals surface area contributed by atoms with E-state index in [0.29, 0.717) is 23.8 Å². The van der Waals surface area contributed by atoms with Crippen LogP contribution in [0.4, 0.5) is 0 Å². The van der Waals surface area contributed by atoms with E-state index in [1.165, 1.54) is 0 Å². The van der Waals surface area contributed by atoms with Gasteiger partial charge < -0.3 is 0 Å². The van der Waals surface area contributed by atoms with E-state index in [4.69, 9.17) is 4.74 Å². The van der Waals surface area contributed by atoms with E-state index in [1.54, 1.807) is 19.1 Å². The Labute approximate surface area is 122 Å². The number of alkyl halides is 1. The molecule has 0 heterocycles. The van der Waals surface area contributed by atoms with Crippen molar-refractivity contribution in [2.24, 2.45) is 0 Å². The number of Topliss-reactive ketones (excluding diaryl/α,β-unsaturated/α-hetero) is 1. The Morgan fingerprint density at radius 1 is 1.41 bits per heavy atom. The number of carbonyl (C=O) groups is 1. The van der Waals surface area contributed by atoms with Gasteiger partial charge in [0.1, 0.15) is 0 Å². The zero-order chi connectivity index (χ0) is 12.5. The predicted molar refractivity (Wildman–Crippen MR) is 73.4 cm³/mol. The van der Waals surface area contributed by atoms with E-state index < -0.39 is 0 Å². The number of rotatable bonds is 8. The summed E-state index contributed by atoms with van der Waals surface area (Å²) in [6.45, 7) is 3.29. The fourth-order valence-corrected chi connectivity index (χ4v) is 3.23. The topological polar surface area (TPSA) is 38.3 Å². The van der Waals surface area contributed by atoms with Gasteiger partial charge in [-0.1, -0.05) is 0 Å². The summed E-state index contributed by atoms with van der Waals surface area (Å²) in [5, 5.41) is 3.36. The fourth-order valence-electron chi connectivity index (χ4n) is 1.28. The normalized spacial score (nSPS) is 10.5. The molecule has 5 heteroatoms. The molecule has 0 aliphatic carbocycles. The van der Waals surface area contributed by atoms with Crippen LogP contribution >= 0.6 is 18.6 Å². The molecule has 0 aliphatic rings. The van der Waals surface area contributed by atoms with Gasteiger partial charge in [0.15, 0.2) is 0 Å². The molecule has 0 aliphatic heterocycles. The third kappa shape index (κ3) is 6.56. The first-order chi connectivity index (χ1) is 8.24. The Hall–Kier alpha value is 0.110. The molecular weight excluding hydrogens is 444 g/mol. The molecule has 0 atom stereocenters. The fraction of sp³-hybridized carbons (Fsp3) is 0.417. The average Bonchev–Trinajstić information content (AvgIpc) is 2.34. The van der Waals surface area contributed by atoms with E-state index in [0.717, 1.165) is 28.8 Å². The first-order valence-electron chi connectivity index (χ1n) is 5.39. The summed E-state index contributed by atoms with van der Waals surface area (Å²) in [7, 11) is 0. The number of ether oxygens (including phenoxy) is 1. The molecule has 0 bridgehead atoms. The van der Waals surface area contributed by atoms with Crippen molar-refractivity contribution in [2.75, 3.05) is 17.7 Å². The standard InChI is InChI=1S/C12H16I2NO2/c1-10(16)11-3-5-12(6-4-11)17-8-2-7-15-9-14-13/h3-6,15H,2,7-9H2,1H3/q-1. The Morgan fingerprint density at radius 2 is 2.12 bits per heavy atom. The van der Waals surface area contributed by atoms with Gasteiger partial charge in [-0.25, -0.2) is 0 Å². The van der Waals surface area contributed by atoms with E-state index >= 15 is 0 Å². The van der Waals surface area contributed by atoms with Gasteiger partial charge in [0.25, 0.3) is 0 Å². The number of benzene rings is 1. The zero-order valence-corrected chi connectivity index (χ0v) is 14.0. The van der Waals surface area contributed by atoms with Gasteiger partial charge in [-0.05, 0) is 0 Å². The number of hydrogen-bond donors (Lipinski definition) is 1. The quantitative estimate of drug-likeness (QED) is 0.190. The van der Waals surface area contributed by atoms with Crippen LogP contribution in [0.2, 0.25) is 0 Å². The first-order valence-corrected chi connectivity index (χ1v) is 13.2. The van der Waals surface area contributed by atoms with Crippen LogP contribution in [0.5, 0.6) is 5.75 Å². The summed E-state index contributed by atoms with van der Waals surface area (Å²) in [5.74, 6) is 0.916. The molecule has 0 amide bonds. The van der Waals surface area contributed by atoms with Gasteiger partial charge in [-0.15, -0.1) is 0 Å². The van der Waals surface area contributed by atoms with Crippen molar-refractivity contribution in [2.45, 2.75) is 13.3 Å². The summed E-state index contributed by atoms with van der Waals surface area (Å²) in [6.07, 6.45) is 1.01. The third-order valence-corrected chi connectivity index (χ3v) is 4.93. The van der Waals surface area contributed by atoms with Crippen molar-refractivity contribution in [1.29, 1.82) is 0 Å². The summed E-state index contributed by atoms with van der Waals surface area (Å²) in [6, 6.07) is 7.30. The van der Waals surface area contributed by atoms with Crippen LogP contribution in [0.25, 0.3) is 0 Å². The Morgan fingerprint density at radius 3 is 2.71 bits per heavy atom. The van der Waals surface area contributed by atoms with E-state index in [1.807, 2.05) is 12.1 Å². The van der Waals surface area contributed by atoms with Crippen molar-refractivity contribution in [3.8, 4) is 5.75 Å². The third-order valence-electron chi connectivity index (χ3n) is 2.17. The van der Waals surface area contributed by atoms with Crippen LogP contribution in [-0.4, -0.2) is 23.5 Å². The van der Waals surface area contributed by atoms with Crippen molar-refractivity contribution in [1.82, 2.24) is 5.32 Å². The molecule has 0 spiro atoms. The van der Waals surface area contributed by atoms with Gasteiger partial charge in [0, 0.05) is 0 Å². The van der Waals surface area contributed by atoms with Crippen LogP contribution in [0.15, 0.2) is 24.3 Å². The average molecular weight is 460 g/mol. The second kappa shape index (κ2) is 9.09. The number of ketones is 1. The summed E-state index contributed by atoms with van der Waals surface area (Å²) in [4.78, 5) is 11.1. The molecule has 1 aromatic rings. The van der Waals surface area contributed by atoms with Crippen molar-refractivity contribution in [3.63, 3.8) is 0 Å². The molecule has 0 radical (unpaired) electrons. The van der Waals surface area contributed by atoms with E-state index in [-0.39, 0.29) is 5.78 Å². The SMILES string of the molecule is CC(=O)c1ccc(OCCCNC[I-]I)cc1. The second-order valence-electron chi connectivity index (χ2n) is 3.52. The molecule has 0 unspecified atom stereocenters. The molecular formula is C12H16I2NO2-. The minimum atomic E-state index is 0.0860. The van der Waals surface area contributed by atoms with Gasteiger partial charge in [-0.2, -0.15) is 0 Å². The number of nitrogens with one attached hydrogen (secondary N) is 1. The zero-order valence-electron chi connectivity index (χ0n) is 9.71. The number of carbonyl (C=O) groups excluding carboxylic acids is 1. The van der Waals surface area contributed by atoms with Gasteiger partial charge in [-0.3, -0.25) is 0 Å². The molecule has 96 valence electrons. The van der Waals surface area contributed by atoms with Gasteiger partial charge in [0.05, 0.1) is 0 Å². The summed E-state index contributed by atoms with van der Waals surface area (Å²) < 4.78 is 6.74. The molecule has 0 aromatic heterocycles. The van der Waals surface area contributed by atoms with E-state index in [9.17, 15) is 4.79 Å². The van der Waals surface area contributed by atoms with Crippen LogP contribution in [0.1, 0.15) is 23.7 Å². The Balaban J connectivity index is 2.21. The molecule has 0 fully saturated rings. The Bertz CT molecular complexity index is 341. The molecule has 17 heavy (non-hydrogen) atoms. The molecule has 1 N–H and O–H groups in total. The molecule has 0 saturated carbocycles. The number of hydrogen-bond acceptors (Lipinski definition) is 3. The molecule has 0 saturated heterocycles. The van der Waals surface area contributed by atoms with Crippen LogP contribution in [0.3, 0.4) is 0 Å². The number of halogens is 2. The van der Waals surface area contributed by atoms with Gasteiger partial charge >= 0.3 is 123 Å². The molecule has 1 aromatic carbocycles.